The van der Waals surface area contributed by atoms with Gasteiger partial charge in [-0.05, 0) is 42.5 Å². The lowest BCUT2D eigenvalue weighted by Crippen LogP contribution is -2.16. The predicted octanol–water partition coefficient (Wildman–Crippen LogP) is 3.72. The van der Waals surface area contributed by atoms with Crippen molar-refractivity contribution in [3.05, 3.63) is 87.9 Å². The van der Waals surface area contributed by atoms with E-state index < -0.39 is 11.4 Å². The lowest BCUT2D eigenvalue weighted by Gasteiger charge is -2.05. The second-order valence-electron chi connectivity index (χ2n) is 7.52. The second-order valence-corrected chi connectivity index (χ2v) is 7.52. The lowest BCUT2D eigenvalue weighted by atomic mass is 10.1. The summed E-state index contributed by atoms with van der Waals surface area (Å²) in [6, 6.07) is 14.6. The van der Waals surface area contributed by atoms with E-state index in [1.54, 1.807) is 23.0 Å². The molecule has 7 nitrogen and oxygen atoms in total. The quantitative estimate of drug-likeness (QED) is 0.406. The molecule has 0 aliphatic rings. The van der Waals surface area contributed by atoms with E-state index in [2.05, 4.69) is 27.2 Å². The standard InChI is InChI=1S/C24H23FN4O3/c1-32-21-14-17(9-11-18(21)25)10-12-20(30)23-26-19-15-29(28-22(19)24(31)27-23)13-5-8-16-6-3-2-4-7-16/h2-4,6-7,9,11,14-15H,5,8,10,12-13H2,1H3,(H,26,27,31). The zero-order chi connectivity index (χ0) is 22.5. The summed E-state index contributed by atoms with van der Waals surface area (Å²) in [5.74, 6) is -0.632. The Balaban J connectivity index is 1.43. The molecule has 2 heterocycles. The first kappa shape index (κ1) is 21.4. The van der Waals surface area contributed by atoms with Crippen LogP contribution in [0.1, 0.15) is 34.6 Å². The van der Waals surface area contributed by atoms with Crippen molar-refractivity contribution in [3.8, 4) is 5.75 Å². The Hall–Kier alpha value is -3.81. The Kier molecular flexibility index (Phi) is 6.39. The van der Waals surface area contributed by atoms with Gasteiger partial charge in [0.05, 0.1) is 13.3 Å². The molecular formula is C24H23FN4O3. The molecule has 164 valence electrons. The average molecular weight is 434 g/mol. The molecule has 0 aliphatic carbocycles. The number of ether oxygens (including phenoxy) is 1. The highest BCUT2D eigenvalue weighted by molar-refractivity contribution is 5.94. The number of hydrogen-bond acceptors (Lipinski definition) is 5. The minimum Gasteiger partial charge on any atom is -0.494 e. The van der Waals surface area contributed by atoms with Crippen LogP contribution in [0.4, 0.5) is 4.39 Å². The van der Waals surface area contributed by atoms with Gasteiger partial charge in [0.1, 0.15) is 5.52 Å². The van der Waals surface area contributed by atoms with E-state index in [1.165, 1.54) is 18.7 Å². The van der Waals surface area contributed by atoms with E-state index in [9.17, 15) is 14.0 Å². The topological polar surface area (TPSA) is 89.9 Å². The van der Waals surface area contributed by atoms with Crippen LogP contribution in [0.5, 0.6) is 5.75 Å². The number of fused-ring (bicyclic) bond motifs is 1. The molecule has 0 aliphatic heterocycles. The number of benzene rings is 2. The minimum atomic E-state index is -0.459. The zero-order valence-electron chi connectivity index (χ0n) is 17.7. The Labute approximate surface area is 183 Å². The lowest BCUT2D eigenvalue weighted by molar-refractivity contribution is 0.0973. The van der Waals surface area contributed by atoms with Crippen LogP contribution in [-0.2, 0) is 19.4 Å². The van der Waals surface area contributed by atoms with Crippen LogP contribution in [0.2, 0.25) is 0 Å². The van der Waals surface area contributed by atoms with Crippen molar-refractivity contribution in [1.82, 2.24) is 19.7 Å². The molecule has 2 aromatic heterocycles. The van der Waals surface area contributed by atoms with Crippen LogP contribution in [0.3, 0.4) is 0 Å². The van der Waals surface area contributed by atoms with Crippen LogP contribution < -0.4 is 10.3 Å². The summed E-state index contributed by atoms with van der Waals surface area (Å²) in [6.45, 7) is 0.639. The van der Waals surface area contributed by atoms with Crippen molar-refractivity contribution in [2.75, 3.05) is 7.11 Å². The van der Waals surface area contributed by atoms with Crippen LogP contribution in [0.25, 0.3) is 11.0 Å². The van der Waals surface area contributed by atoms with Gasteiger partial charge in [-0.25, -0.2) is 9.37 Å². The van der Waals surface area contributed by atoms with Crippen LogP contribution in [-0.4, -0.2) is 32.6 Å². The maximum atomic E-state index is 13.5. The number of nitrogens with one attached hydrogen (secondary N) is 1. The third-order valence-corrected chi connectivity index (χ3v) is 5.24. The van der Waals surface area contributed by atoms with Gasteiger partial charge in [-0.2, -0.15) is 5.10 Å². The molecule has 0 amide bonds. The van der Waals surface area contributed by atoms with Gasteiger partial charge >= 0.3 is 0 Å². The number of ketones is 1. The molecular weight excluding hydrogens is 411 g/mol. The number of H-pyrrole nitrogens is 1. The Morgan fingerprint density at radius 1 is 1.12 bits per heavy atom. The van der Waals surface area contributed by atoms with Crippen molar-refractivity contribution in [1.29, 1.82) is 0 Å². The third kappa shape index (κ3) is 4.91. The number of Topliss-reactive ketones (excluding diaryl/α,β-unsaturated/α-hetero) is 1. The molecule has 0 fully saturated rings. The first-order valence-corrected chi connectivity index (χ1v) is 10.4. The number of rotatable bonds is 9. The van der Waals surface area contributed by atoms with E-state index in [0.29, 0.717) is 18.5 Å². The molecule has 0 atom stereocenters. The summed E-state index contributed by atoms with van der Waals surface area (Å²) in [6.07, 6.45) is 3.95. The van der Waals surface area contributed by atoms with E-state index in [-0.39, 0.29) is 29.3 Å². The number of carbonyl (C=O) groups is 1. The number of halogens is 1. The summed E-state index contributed by atoms with van der Waals surface area (Å²) < 4.78 is 20.2. The van der Waals surface area contributed by atoms with E-state index in [0.717, 1.165) is 18.4 Å². The maximum absolute atomic E-state index is 13.5. The number of methoxy groups -OCH3 is 1. The van der Waals surface area contributed by atoms with Crippen molar-refractivity contribution in [3.63, 3.8) is 0 Å². The van der Waals surface area contributed by atoms with Gasteiger partial charge in [0.2, 0.25) is 0 Å². The van der Waals surface area contributed by atoms with Gasteiger partial charge in [0.25, 0.3) is 5.56 Å². The highest BCUT2D eigenvalue weighted by atomic mass is 19.1. The fraction of sp³-hybridized carbons (Fsp3) is 0.250. The molecule has 0 bridgehead atoms. The van der Waals surface area contributed by atoms with E-state index in [4.69, 9.17) is 4.74 Å². The van der Waals surface area contributed by atoms with Gasteiger partial charge in [-0.1, -0.05) is 36.4 Å². The summed E-state index contributed by atoms with van der Waals surface area (Å²) in [7, 11) is 1.39. The molecule has 1 N–H and O–H groups in total. The molecule has 0 saturated heterocycles. The highest BCUT2D eigenvalue weighted by Crippen LogP contribution is 2.19. The Morgan fingerprint density at radius 2 is 1.94 bits per heavy atom. The monoisotopic (exact) mass is 434 g/mol. The fourth-order valence-electron chi connectivity index (χ4n) is 3.54. The SMILES string of the molecule is COc1cc(CCC(=O)c2nc3cn(CCCc4ccccc4)nc3c(=O)[nH]2)ccc1F. The number of carbonyl (C=O) groups excluding carboxylic acids is 1. The third-order valence-electron chi connectivity index (χ3n) is 5.24. The maximum Gasteiger partial charge on any atom is 0.279 e. The first-order chi connectivity index (χ1) is 15.5. The smallest absolute Gasteiger partial charge is 0.279 e. The molecule has 2 aromatic carbocycles. The summed E-state index contributed by atoms with van der Waals surface area (Å²) in [4.78, 5) is 31.9. The highest BCUT2D eigenvalue weighted by Gasteiger charge is 2.15. The van der Waals surface area contributed by atoms with Crippen LogP contribution >= 0.6 is 0 Å². The zero-order valence-corrected chi connectivity index (χ0v) is 17.7. The van der Waals surface area contributed by atoms with Crippen molar-refractivity contribution in [2.24, 2.45) is 0 Å². The minimum absolute atomic E-state index is 0.000382. The Bertz CT molecular complexity index is 1300. The van der Waals surface area contributed by atoms with E-state index in [1.807, 2.05) is 18.2 Å². The molecule has 0 spiro atoms. The molecule has 0 radical (unpaired) electrons. The van der Waals surface area contributed by atoms with Gasteiger partial charge in [-0.3, -0.25) is 14.3 Å². The van der Waals surface area contributed by atoms with Crippen molar-refractivity contribution >= 4 is 16.8 Å². The van der Waals surface area contributed by atoms with Gasteiger partial charge in [0, 0.05) is 13.0 Å². The van der Waals surface area contributed by atoms with Crippen molar-refractivity contribution in [2.45, 2.75) is 32.2 Å². The number of aryl methyl sites for hydroxylation is 3. The fourth-order valence-corrected chi connectivity index (χ4v) is 3.54. The molecule has 32 heavy (non-hydrogen) atoms. The molecule has 0 unspecified atom stereocenters. The number of aromatic amines is 1. The van der Waals surface area contributed by atoms with E-state index >= 15 is 0 Å². The Morgan fingerprint density at radius 3 is 2.72 bits per heavy atom. The summed E-state index contributed by atoms with van der Waals surface area (Å²) in [5.41, 5.74) is 2.16. The van der Waals surface area contributed by atoms with Crippen LogP contribution in [0.15, 0.2) is 59.5 Å². The number of nitrogens with zero attached hydrogens (tertiary/aromatic N) is 3. The molecule has 8 heteroatoms. The van der Waals surface area contributed by atoms with Crippen molar-refractivity contribution < 1.29 is 13.9 Å². The normalized spacial score (nSPS) is 11.1. The molecule has 0 saturated carbocycles. The summed E-state index contributed by atoms with van der Waals surface area (Å²) in [5, 5.41) is 4.31. The van der Waals surface area contributed by atoms with Gasteiger partial charge in [-0.15, -0.1) is 0 Å². The average Bonchev–Trinajstić information content (AvgIpc) is 3.22. The van der Waals surface area contributed by atoms with Gasteiger partial charge < -0.3 is 9.72 Å². The van der Waals surface area contributed by atoms with Crippen LogP contribution in [0, 0.1) is 5.82 Å². The summed E-state index contributed by atoms with van der Waals surface area (Å²) >= 11 is 0. The number of aromatic nitrogens is 4. The second kappa shape index (κ2) is 9.55. The molecule has 4 aromatic rings. The number of hydrogen-bond donors (Lipinski definition) is 1. The first-order valence-electron chi connectivity index (χ1n) is 10.4. The molecule has 4 rings (SSSR count). The predicted molar refractivity (Wildman–Crippen MR) is 119 cm³/mol. The van der Waals surface area contributed by atoms with Gasteiger partial charge in [0.15, 0.2) is 28.7 Å². The largest absolute Gasteiger partial charge is 0.494 e.